The van der Waals surface area contributed by atoms with Gasteiger partial charge in [-0.05, 0) is 6.42 Å². The summed E-state index contributed by atoms with van der Waals surface area (Å²) < 4.78 is 0. The van der Waals surface area contributed by atoms with Crippen molar-refractivity contribution in [2.24, 2.45) is 0 Å². The summed E-state index contributed by atoms with van der Waals surface area (Å²) in [6.07, 6.45) is 1.75. The molecule has 0 saturated carbocycles. The molecule has 2 nitrogen and oxygen atoms in total. The van der Waals surface area contributed by atoms with Crippen LogP contribution < -0.4 is 5.32 Å². The van der Waals surface area contributed by atoms with Crippen molar-refractivity contribution < 1.29 is 4.79 Å². The maximum Gasteiger partial charge on any atom is 0.137 e. The molecule has 1 fully saturated rings. The van der Waals surface area contributed by atoms with E-state index in [1.807, 2.05) is 0 Å². The van der Waals surface area contributed by atoms with Crippen molar-refractivity contribution in [1.82, 2.24) is 5.32 Å². The second kappa shape index (κ2) is 2.09. The Hall–Kier alpha value is -0.630. The van der Waals surface area contributed by atoms with Crippen molar-refractivity contribution in [1.29, 1.82) is 0 Å². The number of hydrogen-bond acceptors (Lipinski definition) is 2. The van der Waals surface area contributed by atoms with E-state index < -0.39 is 0 Å². The van der Waals surface area contributed by atoms with Crippen LogP contribution in [-0.4, -0.2) is 18.9 Å². The Labute approximate surface area is 48.6 Å². The highest BCUT2D eigenvalue weighted by Gasteiger charge is 2.14. The summed E-state index contributed by atoms with van der Waals surface area (Å²) in [4.78, 5) is 10.0. The second-order valence-corrected chi connectivity index (χ2v) is 2.08. The zero-order valence-electron chi connectivity index (χ0n) is 4.68. The van der Waals surface area contributed by atoms with Crippen LogP contribution in [0.3, 0.4) is 0 Å². The Morgan fingerprint density at radius 2 is 2.62 bits per heavy atom. The van der Waals surface area contributed by atoms with Crippen molar-refractivity contribution >= 4 is 6.29 Å². The molecule has 1 atom stereocenters. The molecule has 44 valence electrons. The molecule has 0 aromatic rings. The van der Waals surface area contributed by atoms with Gasteiger partial charge in [0.2, 0.25) is 0 Å². The van der Waals surface area contributed by atoms with Crippen LogP contribution in [0.4, 0.5) is 0 Å². The number of nitrogens with one attached hydrogen (secondary N) is 1. The minimum atomic E-state index is 0.0440. The molecular weight excluding hydrogens is 102 g/mol. The minimum Gasteiger partial charge on any atom is -0.304 e. The standard InChI is InChI=1S/C6H9NO/c1-5-2-6(4-8)7-3-5/h4,6-7H,1-3H2/t6-/m0/s1. The molecular formula is C6H9NO. The second-order valence-electron chi connectivity index (χ2n) is 2.08. The summed E-state index contributed by atoms with van der Waals surface area (Å²) >= 11 is 0. The highest BCUT2D eigenvalue weighted by molar-refractivity contribution is 5.59. The van der Waals surface area contributed by atoms with E-state index in [1.54, 1.807) is 0 Å². The molecule has 2 heteroatoms. The minimum absolute atomic E-state index is 0.0440. The zero-order valence-corrected chi connectivity index (χ0v) is 4.68. The third-order valence-electron chi connectivity index (χ3n) is 1.29. The fraction of sp³-hybridized carbons (Fsp3) is 0.500. The van der Waals surface area contributed by atoms with Gasteiger partial charge < -0.3 is 10.1 Å². The Kier molecular flexibility index (Phi) is 1.44. The van der Waals surface area contributed by atoms with Crippen LogP contribution in [0.1, 0.15) is 6.42 Å². The molecule has 0 aromatic carbocycles. The smallest absolute Gasteiger partial charge is 0.137 e. The van der Waals surface area contributed by atoms with Crippen molar-refractivity contribution in [3.8, 4) is 0 Å². The van der Waals surface area contributed by atoms with Gasteiger partial charge in [0.1, 0.15) is 6.29 Å². The maximum atomic E-state index is 10.0. The lowest BCUT2D eigenvalue weighted by molar-refractivity contribution is -0.109. The number of aldehydes is 1. The highest BCUT2D eigenvalue weighted by atomic mass is 16.1. The summed E-state index contributed by atoms with van der Waals surface area (Å²) in [6.45, 7) is 4.54. The first-order valence-electron chi connectivity index (χ1n) is 2.68. The van der Waals surface area contributed by atoms with Gasteiger partial charge in [-0.1, -0.05) is 12.2 Å². The van der Waals surface area contributed by atoms with E-state index in [9.17, 15) is 4.79 Å². The molecule has 0 aliphatic carbocycles. The molecule has 0 radical (unpaired) electrons. The summed E-state index contributed by atoms with van der Waals surface area (Å²) in [5.41, 5.74) is 1.13. The number of carbonyl (C=O) groups is 1. The third-order valence-corrected chi connectivity index (χ3v) is 1.29. The van der Waals surface area contributed by atoms with E-state index in [0.29, 0.717) is 0 Å². The average Bonchev–Trinajstić information content (AvgIpc) is 2.14. The van der Waals surface area contributed by atoms with E-state index in [1.165, 1.54) is 0 Å². The Balaban J connectivity index is 2.43. The molecule has 1 aliphatic heterocycles. The van der Waals surface area contributed by atoms with Crippen LogP contribution in [-0.2, 0) is 4.79 Å². The predicted molar refractivity (Wildman–Crippen MR) is 31.6 cm³/mol. The van der Waals surface area contributed by atoms with Crippen molar-refractivity contribution in [2.45, 2.75) is 12.5 Å². The van der Waals surface area contributed by atoms with Crippen molar-refractivity contribution in [3.05, 3.63) is 12.2 Å². The van der Waals surface area contributed by atoms with Crippen LogP contribution >= 0.6 is 0 Å². The van der Waals surface area contributed by atoms with E-state index in [4.69, 9.17) is 0 Å². The molecule has 8 heavy (non-hydrogen) atoms. The van der Waals surface area contributed by atoms with Gasteiger partial charge in [-0.3, -0.25) is 0 Å². The van der Waals surface area contributed by atoms with Gasteiger partial charge in [0.25, 0.3) is 0 Å². The fourth-order valence-corrected chi connectivity index (χ4v) is 0.827. The van der Waals surface area contributed by atoms with Gasteiger partial charge in [-0.2, -0.15) is 0 Å². The summed E-state index contributed by atoms with van der Waals surface area (Å²) in [6, 6.07) is 0.0440. The van der Waals surface area contributed by atoms with Gasteiger partial charge in [0, 0.05) is 6.54 Å². The molecule has 0 bridgehead atoms. The van der Waals surface area contributed by atoms with Gasteiger partial charge in [-0.15, -0.1) is 0 Å². The van der Waals surface area contributed by atoms with Crippen molar-refractivity contribution in [3.63, 3.8) is 0 Å². The lowest BCUT2D eigenvalue weighted by Gasteiger charge is -1.93. The molecule has 0 aromatic heterocycles. The molecule has 0 spiro atoms. The lowest BCUT2D eigenvalue weighted by Crippen LogP contribution is -2.21. The van der Waals surface area contributed by atoms with Gasteiger partial charge in [0.15, 0.2) is 0 Å². The average molecular weight is 111 g/mol. The molecule has 1 rings (SSSR count). The van der Waals surface area contributed by atoms with Gasteiger partial charge in [0.05, 0.1) is 6.04 Å². The molecule has 1 aliphatic rings. The van der Waals surface area contributed by atoms with E-state index in [2.05, 4.69) is 11.9 Å². The topological polar surface area (TPSA) is 29.1 Å². The van der Waals surface area contributed by atoms with E-state index in [0.717, 1.165) is 24.8 Å². The van der Waals surface area contributed by atoms with Crippen LogP contribution in [0.5, 0.6) is 0 Å². The number of carbonyl (C=O) groups excluding carboxylic acids is 1. The zero-order chi connectivity index (χ0) is 5.98. The number of rotatable bonds is 1. The molecule has 1 heterocycles. The SMILES string of the molecule is C=C1CN[C@H](C=O)C1. The number of hydrogen-bond donors (Lipinski definition) is 1. The first-order chi connectivity index (χ1) is 3.83. The van der Waals surface area contributed by atoms with Crippen LogP contribution in [0.25, 0.3) is 0 Å². The van der Waals surface area contributed by atoms with Gasteiger partial charge in [-0.25, -0.2) is 0 Å². The first kappa shape index (κ1) is 5.51. The van der Waals surface area contributed by atoms with Crippen molar-refractivity contribution in [2.75, 3.05) is 6.54 Å². The molecule has 0 amide bonds. The Bertz CT molecular complexity index is 120. The largest absolute Gasteiger partial charge is 0.304 e. The van der Waals surface area contributed by atoms with Crippen LogP contribution in [0.15, 0.2) is 12.2 Å². The normalized spacial score (nSPS) is 28.5. The Morgan fingerprint density at radius 1 is 1.88 bits per heavy atom. The molecule has 0 unspecified atom stereocenters. The molecule has 1 N–H and O–H groups in total. The van der Waals surface area contributed by atoms with E-state index in [-0.39, 0.29) is 6.04 Å². The summed E-state index contributed by atoms with van der Waals surface area (Å²) in [5.74, 6) is 0. The quantitative estimate of drug-likeness (QED) is 0.384. The summed E-state index contributed by atoms with van der Waals surface area (Å²) in [5, 5.41) is 2.99. The Morgan fingerprint density at radius 3 is 2.88 bits per heavy atom. The third kappa shape index (κ3) is 0.954. The fourth-order valence-electron chi connectivity index (χ4n) is 0.827. The van der Waals surface area contributed by atoms with E-state index >= 15 is 0 Å². The van der Waals surface area contributed by atoms with Gasteiger partial charge >= 0.3 is 0 Å². The predicted octanol–water partition coefficient (Wildman–Crippen LogP) is 0.103. The lowest BCUT2D eigenvalue weighted by atomic mass is 10.2. The monoisotopic (exact) mass is 111 g/mol. The van der Waals surface area contributed by atoms with Crippen LogP contribution in [0, 0.1) is 0 Å². The highest BCUT2D eigenvalue weighted by Crippen LogP contribution is 2.07. The first-order valence-corrected chi connectivity index (χ1v) is 2.68. The van der Waals surface area contributed by atoms with Crippen LogP contribution in [0.2, 0.25) is 0 Å². The maximum absolute atomic E-state index is 10.0. The summed E-state index contributed by atoms with van der Waals surface area (Å²) in [7, 11) is 0. The molecule has 1 saturated heterocycles.